The van der Waals surface area contributed by atoms with E-state index in [4.69, 9.17) is 4.74 Å². The molecule has 1 N–H and O–H groups in total. The number of ether oxygens (including phenoxy) is 1. The minimum Gasteiger partial charge on any atom is -0.466 e. The summed E-state index contributed by atoms with van der Waals surface area (Å²) in [5.74, 6) is -0.891. The molecule has 0 saturated carbocycles. The predicted molar refractivity (Wildman–Crippen MR) is 72.7 cm³/mol. The predicted octanol–water partition coefficient (Wildman–Crippen LogP) is 1.34. The molecule has 1 amide bonds. The number of nitrogens with one attached hydrogen (secondary N) is 1. The highest BCUT2D eigenvalue weighted by molar-refractivity contribution is 5.93. The van der Waals surface area contributed by atoms with Crippen molar-refractivity contribution in [2.45, 2.75) is 19.8 Å². The van der Waals surface area contributed by atoms with Gasteiger partial charge in [0.15, 0.2) is 5.69 Å². The maximum absolute atomic E-state index is 12.2. The molecule has 2 rings (SSSR count). The minimum atomic E-state index is -0.580. The lowest BCUT2D eigenvalue weighted by Gasteiger charge is -2.30. The second kappa shape index (κ2) is 6.38. The van der Waals surface area contributed by atoms with Crippen molar-refractivity contribution < 1.29 is 19.2 Å². The molecule has 0 radical (unpaired) electrons. The molecule has 0 atom stereocenters. The number of carbonyl (C=O) groups is 2. The van der Waals surface area contributed by atoms with Crippen LogP contribution in [0, 0.1) is 16.0 Å². The van der Waals surface area contributed by atoms with E-state index in [1.807, 2.05) is 0 Å². The summed E-state index contributed by atoms with van der Waals surface area (Å²) in [5.41, 5.74) is 0.191. The number of esters is 1. The lowest BCUT2D eigenvalue weighted by atomic mass is 9.97. The highest BCUT2D eigenvalue weighted by Crippen LogP contribution is 2.21. The van der Waals surface area contributed by atoms with Gasteiger partial charge in [-0.05, 0) is 30.8 Å². The molecular formula is C13H17N3O5. The molecule has 0 aliphatic carbocycles. The maximum Gasteiger partial charge on any atom is 0.321 e. The number of H-pyrrole nitrogens is 1. The summed E-state index contributed by atoms with van der Waals surface area (Å²) >= 11 is 0. The Balaban J connectivity index is 1.93. The van der Waals surface area contributed by atoms with Crippen LogP contribution in [0.5, 0.6) is 0 Å². The first-order valence-corrected chi connectivity index (χ1v) is 6.82. The summed E-state index contributed by atoms with van der Waals surface area (Å²) in [6, 6.07) is 2.66. The molecule has 0 unspecified atom stereocenters. The topological polar surface area (TPSA) is 106 Å². The Kier molecular flexibility index (Phi) is 4.56. The Labute approximate surface area is 121 Å². The SMILES string of the molecule is CCOC(=O)C1CCN(C(=O)c2ccc([N+](=O)[O-])[nH]2)CC1. The van der Waals surface area contributed by atoms with Gasteiger partial charge in [0.05, 0.1) is 12.5 Å². The Morgan fingerprint density at radius 3 is 2.62 bits per heavy atom. The van der Waals surface area contributed by atoms with Gasteiger partial charge >= 0.3 is 11.8 Å². The highest BCUT2D eigenvalue weighted by atomic mass is 16.6. The van der Waals surface area contributed by atoms with Crippen molar-refractivity contribution in [1.29, 1.82) is 0 Å². The van der Waals surface area contributed by atoms with Crippen molar-refractivity contribution in [3.63, 3.8) is 0 Å². The van der Waals surface area contributed by atoms with Gasteiger partial charge < -0.3 is 19.8 Å². The number of piperidine rings is 1. The van der Waals surface area contributed by atoms with Gasteiger partial charge in [0.2, 0.25) is 0 Å². The molecule has 21 heavy (non-hydrogen) atoms. The fraction of sp³-hybridized carbons (Fsp3) is 0.538. The van der Waals surface area contributed by atoms with Crippen molar-refractivity contribution in [2.75, 3.05) is 19.7 Å². The van der Waals surface area contributed by atoms with Crippen LogP contribution in [0.25, 0.3) is 0 Å². The minimum absolute atomic E-state index is 0.174. The van der Waals surface area contributed by atoms with Crippen LogP contribution >= 0.6 is 0 Å². The van der Waals surface area contributed by atoms with E-state index in [0.29, 0.717) is 32.5 Å². The van der Waals surface area contributed by atoms with Gasteiger partial charge in [-0.15, -0.1) is 0 Å². The Hall–Kier alpha value is -2.38. The van der Waals surface area contributed by atoms with E-state index in [9.17, 15) is 19.7 Å². The van der Waals surface area contributed by atoms with E-state index in [1.54, 1.807) is 11.8 Å². The monoisotopic (exact) mass is 295 g/mol. The van der Waals surface area contributed by atoms with Gasteiger partial charge in [-0.2, -0.15) is 0 Å². The third-order valence-corrected chi connectivity index (χ3v) is 3.50. The molecule has 114 valence electrons. The second-order valence-electron chi connectivity index (χ2n) is 4.83. The lowest BCUT2D eigenvalue weighted by Crippen LogP contribution is -2.40. The Bertz CT molecular complexity index is 546. The molecule has 1 aliphatic rings. The first-order chi connectivity index (χ1) is 10.0. The normalized spacial score (nSPS) is 15.8. The maximum atomic E-state index is 12.2. The van der Waals surface area contributed by atoms with Crippen LogP contribution in [0.3, 0.4) is 0 Å². The van der Waals surface area contributed by atoms with E-state index in [0.717, 1.165) is 0 Å². The second-order valence-corrected chi connectivity index (χ2v) is 4.83. The fourth-order valence-electron chi connectivity index (χ4n) is 2.36. The third-order valence-electron chi connectivity index (χ3n) is 3.50. The first-order valence-electron chi connectivity index (χ1n) is 6.82. The quantitative estimate of drug-likeness (QED) is 0.512. The number of nitrogens with zero attached hydrogens (tertiary/aromatic N) is 2. The molecule has 8 nitrogen and oxygen atoms in total. The number of rotatable bonds is 4. The summed E-state index contributed by atoms with van der Waals surface area (Å²) in [6.07, 6.45) is 1.10. The van der Waals surface area contributed by atoms with E-state index in [2.05, 4.69) is 4.98 Å². The first kappa shape index (κ1) is 15.0. The molecule has 1 fully saturated rings. The zero-order chi connectivity index (χ0) is 15.4. The van der Waals surface area contributed by atoms with Crippen LogP contribution in [-0.2, 0) is 9.53 Å². The van der Waals surface area contributed by atoms with Crippen molar-refractivity contribution in [1.82, 2.24) is 9.88 Å². The Morgan fingerprint density at radius 1 is 1.43 bits per heavy atom. The van der Waals surface area contributed by atoms with Crippen LogP contribution < -0.4 is 0 Å². The molecule has 0 bridgehead atoms. The smallest absolute Gasteiger partial charge is 0.321 e. The fourth-order valence-corrected chi connectivity index (χ4v) is 2.36. The average Bonchev–Trinajstić information content (AvgIpc) is 2.97. The molecule has 1 aromatic rings. The summed E-state index contributed by atoms with van der Waals surface area (Å²) < 4.78 is 4.97. The van der Waals surface area contributed by atoms with Gasteiger partial charge in [0, 0.05) is 19.2 Å². The van der Waals surface area contributed by atoms with E-state index >= 15 is 0 Å². The van der Waals surface area contributed by atoms with Crippen molar-refractivity contribution in [3.8, 4) is 0 Å². The third kappa shape index (κ3) is 3.39. The van der Waals surface area contributed by atoms with E-state index in [-0.39, 0.29) is 29.3 Å². The molecule has 2 heterocycles. The number of amides is 1. The molecule has 0 aromatic carbocycles. The zero-order valence-electron chi connectivity index (χ0n) is 11.7. The van der Waals surface area contributed by atoms with Gasteiger partial charge in [-0.1, -0.05) is 0 Å². The summed E-state index contributed by atoms with van der Waals surface area (Å²) in [5, 5.41) is 10.6. The van der Waals surface area contributed by atoms with Crippen LogP contribution in [-0.4, -0.2) is 46.4 Å². The summed E-state index contributed by atoms with van der Waals surface area (Å²) in [4.78, 5) is 37.9. The number of aromatic amines is 1. The van der Waals surface area contributed by atoms with Crippen molar-refractivity contribution in [2.24, 2.45) is 5.92 Å². The highest BCUT2D eigenvalue weighted by Gasteiger charge is 2.30. The molecule has 1 aromatic heterocycles. The number of hydrogen-bond acceptors (Lipinski definition) is 5. The van der Waals surface area contributed by atoms with Gasteiger partial charge in [-0.25, -0.2) is 4.98 Å². The van der Waals surface area contributed by atoms with E-state index < -0.39 is 4.92 Å². The van der Waals surface area contributed by atoms with Crippen LogP contribution in [0.15, 0.2) is 12.1 Å². The molecule has 1 aliphatic heterocycles. The average molecular weight is 295 g/mol. The number of nitro groups is 1. The Morgan fingerprint density at radius 2 is 2.10 bits per heavy atom. The standard InChI is InChI=1S/C13H17N3O5/c1-2-21-13(18)9-5-7-15(8-6-9)12(17)10-3-4-11(14-10)16(19)20/h3-4,9,14H,2,5-8H2,1H3. The zero-order valence-corrected chi connectivity index (χ0v) is 11.7. The lowest BCUT2D eigenvalue weighted by molar-refractivity contribution is -0.389. The number of carbonyl (C=O) groups excluding carboxylic acids is 2. The molecular weight excluding hydrogens is 278 g/mol. The molecule has 1 saturated heterocycles. The molecule has 8 heteroatoms. The summed E-state index contributed by atoms with van der Waals surface area (Å²) in [6.45, 7) is 2.99. The van der Waals surface area contributed by atoms with Crippen LogP contribution in [0.2, 0.25) is 0 Å². The van der Waals surface area contributed by atoms with Crippen LogP contribution in [0.4, 0.5) is 5.82 Å². The van der Waals surface area contributed by atoms with Gasteiger partial charge in [-0.3, -0.25) is 9.59 Å². The van der Waals surface area contributed by atoms with Crippen LogP contribution in [0.1, 0.15) is 30.3 Å². The van der Waals surface area contributed by atoms with Crippen molar-refractivity contribution >= 4 is 17.7 Å². The number of likely N-dealkylation sites (tertiary alicyclic amines) is 1. The number of hydrogen-bond donors (Lipinski definition) is 1. The van der Waals surface area contributed by atoms with Gasteiger partial charge in [0.25, 0.3) is 5.91 Å². The van der Waals surface area contributed by atoms with E-state index in [1.165, 1.54) is 12.1 Å². The van der Waals surface area contributed by atoms with Crippen molar-refractivity contribution in [3.05, 3.63) is 27.9 Å². The number of aromatic nitrogens is 1. The molecule has 0 spiro atoms. The van der Waals surface area contributed by atoms with Gasteiger partial charge in [0.1, 0.15) is 0 Å². The largest absolute Gasteiger partial charge is 0.466 e. The summed E-state index contributed by atoms with van der Waals surface area (Å²) in [7, 11) is 0.